The highest BCUT2D eigenvalue weighted by Crippen LogP contribution is 2.40. The lowest BCUT2D eigenvalue weighted by Crippen LogP contribution is -2.48. The number of carbonyl (C=O) groups is 1. The van der Waals surface area contributed by atoms with Gasteiger partial charge < -0.3 is 15.3 Å². The second-order valence-corrected chi connectivity index (χ2v) is 10.4. The molecule has 0 bridgehead atoms. The summed E-state index contributed by atoms with van der Waals surface area (Å²) in [6.07, 6.45) is -2.42. The first-order valence-electron chi connectivity index (χ1n) is 12.3. The van der Waals surface area contributed by atoms with Gasteiger partial charge in [-0.1, -0.05) is 0 Å². The Morgan fingerprint density at radius 3 is 2.44 bits per heavy atom. The van der Waals surface area contributed by atoms with Crippen LogP contribution in [0, 0.1) is 23.4 Å². The van der Waals surface area contributed by atoms with Gasteiger partial charge in [0.2, 0.25) is 5.43 Å². The molecule has 2 fully saturated rings. The van der Waals surface area contributed by atoms with Crippen LogP contribution in [0.4, 0.5) is 32.2 Å². The Morgan fingerprint density at radius 1 is 1.18 bits per heavy atom. The van der Waals surface area contributed by atoms with Gasteiger partial charge in [-0.25, -0.2) is 18.2 Å². The van der Waals surface area contributed by atoms with Crippen LogP contribution in [0.3, 0.4) is 0 Å². The first-order chi connectivity index (χ1) is 18.2. The van der Waals surface area contributed by atoms with Crippen molar-refractivity contribution in [3.05, 3.63) is 63.7 Å². The third-order valence-corrected chi connectivity index (χ3v) is 7.03. The van der Waals surface area contributed by atoms with E-state index >= 15 is 0 Å². The number of nitrogens with zero attached hydrogens (tertiary/aromatic N) is 3. The maximum absolute atomic E-state index is 14.9. The molecule has 39 heavy (non-hydrogen) atoms. The Hall–Kier alpha value is -3.61. The molecule has 2 aliphatic rings. The molecule has 2 N–H and O–H groups in total. The number of anilines is 1. The smallest absolute Gasteiger partial charge is 0.388 e. The van der Waals surface area contributed by atoms with Crippen LogP contribution in [0.15, 0.2) is 35.3 Å². The molecule has 2 aromatic heterocycles. The van der Waals surface area contributed by atoms with E-state index in [1.807, 2.05) is 5.32 Å². The molecule has 1 amide bonds. The van der Waals surface area contributed by atoms with Crippen molar-refractivity contribution in [2.24, 2.45) is 5.92 Å². The number of fused-ring (bicyclic) bond motifs is 1. The van der Waals surface area contributed by atoms with Crippen molar-refractivity contribution in [1.29, 1.82) is 0 Å². The molecule has 7 nitrogen and oxygen atoms in total. The third-order valence-electron chi connectivity index (χ3n) is 7.03. The standard InChI is InChI=1S/C26H24F6N4O3/c1-25(39)7-2-8-35(12-25)19-6-5-15-21(37)16(24(38)34-22(13-3-4-13)26(30,31)32)11-36(23(15)33-19)20-17(28)9-14(27)10-18(20)29/h5-6,9-11,13,22,39H,2-4,7-8,12H2,1H3,(H,34,38)/t22-,25?/m0/s1. The summed E-state index contributed by atoms with van der Waals surface area (Å²) in [7, 11) is 0. The van der Waals surface area contributed by atoms with Gasteiger partial charge in [0.15, 0.2) is 17.3 Å². The van der Waals surface area contributed by atoms with Crippen molar-refractivity contribution in [3.63, 3.8) is 0 Å². The number of rotatable bonds is 5. The summed E-state index contributed by atoms with van der Waals surface area (Å²) in [6.45, 7) is 2.30. The fourth-order valence-electron chi connectivity index (χ4n) is 5.00. The van der Waals surface area contributed by atoms with Crippen LogP contribution in [0.2, 0.25) is 0 Å². The number of aromatic nitrogens is 2. The first kappa shape index (κ1) is 27.0. The molecule has 1 aliphatic carbocycles. The first-order valence-corrected chi connectivity index (χ1v) is 12.3. The van der Waals surface area contributed by atoms with E-state index in [1.165, 1.54) is 12.1 Å². The van der Waals surface area contributed by atoms with Gasteiger partial charge >= 0.3 is 6.18 Å². The number of nitrogens with one attached hydrogen (secondary N) is 1. The molecule has 3 aromatic rings. The third kappa shape index (κ3) is 5.32. The molecular weight excluding hydrogens is 530 g/mol. The number of aliphatic hydroxyl groups is 1. The predicted molar refractivity (Wildman–Crippen MR) is 129 cm³/mol. The number of amides is 1. The molecule has 1 aromatic carbocycles. The molecule has 5 rings (SSSR count). The minimum absolute atomic E-state index is 0.176. The maximum atomic E-state index is 14.9. The lowest BCUT2D eigenvalue weighted by molar-refractivity contribution is -0.158. The molecule has 13 heteroatoms. The SMILES string of the molecule is CC1(O)CCCN(c2ccc3c(=O)c(C(=O)N[C@@H](C4CC4)C(F)(F)F)cn(-c4c(F)cc(F)cc4F)c3n2)C1. The quantitative estimate of drug-likeness (QED) is 0.462. The van der Waals surface area contributed by atoms with Gasteiger partial charge in [0.05, 0.1) is 11.0 Å². The Bertz CT molecular complexity index is 1490. The molecule has 0 radical (unpaired) electrons. The van der Waals surface area contributed by atoms with E-state index in [1.54, 1.807) is 11.8 Å². The van der Waals surface area contributed by atoms with Gasteiger partial charge in [-0.3, -0.25) is 14.2 Å². The van der Waals surface area contributed by atoms with Crippen LogP contribution in [0.25, 0.3) is 16.7 Å². The largest absolute Gasteiger partial charge is 0.408 e. The molecule has 3 heterocycles. The Balaban J connectivity index is 1.68. The van der Waals surface area contributed by atoms with Crippen LogP contribution in [-0.2, 0) is 0 Å². The van der Waals surface area contributed by atoms with Crippen molar-refractivity contribution >= 4 is 22.8 Å². The zero-order chi connectivity index (χ0) is 28.3. The molecule has 1 aliphatic heterocycles. The number of hydrogen-bond acceptors (Lipinski definition) is 5. The van der Waals surface area contributed by atoms with E-state index in [4.69, 9.17) is 0 Å². The van der Waals surface area contributed by atoms with Crippen molar-refractivity contribution < 1.29 is 36.2 Å². The second kappa shape index (κ2) is 9.54. The lowest BCUT2D eigenvalue weighted by Gasteiger charge is -2.37. The number of piperidine rings is 1. The van der Waals surface area contributed by atoms with Gasteiger partial charge in [0.25, 0.3) is 5.91 Å². The summed E-state index contributed by atoms with van der Waals surface area (Å²) in [6, 6.07) is 1.25. The van der Waals surface area contributed by atoms with Gasteiger partial charge in [-0.2, -0.15) is 13.2 Å². The highest BCUT2D eigenvalue weighted by atomic mass is 19.4. The van der Waals surface area contributed by atoms with E-state index in [2.05, 4.69) is 4.98 Å². The monoisotopic (exact) mass is 554 g/mol. The number of hydrogen-bond donors (Lipinski definition) is 2. The number of pyridine rings is 2. The van der Waals surface area contributed by atoms with Crippen molar-refractivity contribution in [2.45, 2.75) is 50.4 Å². The molecule has 1 unspecified atom stereocenters. The van der Waals surface area contributed by atoms with E-state index in [0.717, 1.165) is 4.57 Å². The average Bonchev–Trinajstić information content (AvgIpc) is 3.66. The number of carbonyl (C=O) groups excluding carboxylic acids is 1. The normalized spacial score (nSPS) is 20.8. The molecule has 2 atom stereocenters. The summed E-state index contributed by atoms with van der Waals surface area (Å²) in [4.78, 5) is 32.3. The van der Waals surface area contributed by atoms with Gasteiger partial charge in [-0.05, 0) is 50.7 Å². The lowest BCUT2D eigenvalue weighted by atomic mass is 9.95. The van der Waals surface area contributed by atoms with E-state index in [0.29, 0.717) is 37.7 Å². The molecule has 1 saturated carbocycles. The number of alkyl halides is 3. The average molecular weight is 554 g/mol. The number of halogens is 6. The van der Waals surface area contributed by atoms with Crippen LogP contribution in [-0.4, -0.2) is 51.5 Å². The minimum Gasteiger partial charge on any atom is -0.388 e. The van der Waals surface area contributed by atoms with Crippen LogP contribution in [0.1, 0.15) is 43.0 Å². The topological polar surface area (TPSA) is 87.5 Å². The van der Waals surface area contributed by atoms with Gasteiger partial charge in [0.1, 0.15) is 28.9 Å². The second-order valence-electron chi connectivity index (χ2n) is 10.4. The van der Waals surface area contributed by atoms with E-state index in [9.17, 15) is 41.0 Å². The van der Waals surface area contributed by atoms with E-state index < -0.39 is 63.8 Å². The van der Waals surface area contributed by atoms with E-state index in [-0.39, 0.29) is 36.2 Å². The van der Waals surface area contributed by atoms with Crippen molar-refractivity contribution in [2.75, 3.05) is 18.0 Å². The van der Waals surface area contributed by atoms with Gasteiger partial charge in [-0.15, -0.1) is 0 Å². The fraction of sp³-hybridized carbons (Fsp3) is 0.423. The van der Waals surface area contributed by atoms with Crippen LogP contribution < -0.4 is 15.6 Å². The summed E-state index contributed by atoms with van der Waals surface area (Å²) < 4.78 is 84.8. The maximum Gasteiger partial charge on any atom is 0.408 e. The summed E-state index contributed by atoms with van der Waals surface area (Å²) in [5, 5.41) is 12.0. The number of benzene rings is 1. The summed E-state index contributed by atoms with van der Waals surface area (Å²) in [5.41, 5.74) is -4.01. The molecule has 1 saturated heterocycles. The summed E-state index contributed by atoms with van der Waals surface area (Å²) in [5.74, 6) is -5.95. The highest BCUT2D eigenvalue weighted by molar-refractivity contribution is 5.97. The summed E-state index contributed by atoms with van der Waals surface area (Å²) >= 11 is 0. The fourth-order valence-corrected chi connectivity index (χ4v) is 5.00. The van der Waals surface area contributed by atoms with Crippen molar-refractivity contribution in [3.8, 4) is 5.69 Å². The van der Waals surface area contributed by atoms with Crippen LogP contribution >= 0.6 is 0 Å². The predicted octanol–water partition coefficient (Wildman–Crippen LogP) is 4.22. The Labute approximate surface area is 218 Å². The molecule has 208 valence electrons. The molecular formula is C26H24F6N4O3. The van der Waals surface area contributed by atoms with Crippen LogP contribution in [0.5, 0.6) is 0 Å². The number of β-amino-alcohol motifs (C(OH)–C–C–N with tert-alkyl or cyclic N) is 1. The zero-order valence-electron chi connectivity index (χ0n) is 20.7. The Kier molecular flexibility index (Phi) is 6.60. The minimum atomic E-state index is -4.77. The highest BCUT2D eigenvalue weighted by Gasteiger charge is 2.50. The van der Waals surface area contributed by atoms with Crippen molar-refractivity contribution in [1.82, 2.24) is 14.9 Å². The van der Waals surface area contributed by atoms with Gasteiger partial charge in [0, 0.05) is 31.4 Å². The Morgan fingerprint density at radius 2 is 1.85 bits per heavy atom. The molecule has 0 spiro atoms. The zero-order valence-corrected chi connectivity index (χ0v) is 20.7.